The highest BCUT2D eigenvalue weighted by atomic mass is 14.7. The van der Waals surface area contributed by atoms with Crippen LogP contribution in [0.15, 0.2) is 17.1 Å². The van der Waals surface area contributed by atoms with Crippen molar-refractivity contribution >= 4 is 6.21 Å². The molecule has 0 aliphatic carbocycles. The van der Waals surface area contributed by atoms with Crippen molar-refractivity contribution in [3.8, 4) is 6.07 Å². The van der Waals surface area contributed by atoms with Crippen LogP contribution in [0.3, 0.4) is 0 Å². The van der Waals surface area contributed by atoms with E-state index in [0.29, 0.717) is 0 Å². The zero-order valence-electron chi connectivity index (χ0n) is 5.70. The lowest BCUT2D eigenvalue weighted by Crippen LogP contribution is -1.90. The maximum Gasteiger partial charge on any atom is 0.133 e. The minimum absolute atomic E-state index is 0.221. The van der Waals surface area contributed by atoms with Crippen LogP contribution in [0.2, 0.25) is 0 Å². The first-order chi connectivity index (χ1) is 4.31. The molecule has 0 radical (unpaired) electrons. The van der Waals surface area contributed by atoms with Crippen LogP contribution in [0, 0.1) is 11.3 Å². The predicted octanol–water partition coefficient (Wildman–Crippen LogP) is 1.55. The van der Waals surface area contributed by atoms with Crippen molar-refractivity contribution in [2.75, 3.05) is 0 Å². The fourth-order valence-electron chi connectivity index (χ4n) is 0.298. The molecular weight excluding hydrogens is 112 g/mol. The van der Waals surface area contributed by atoms with Gasteiger partial charge in [0, 0.05) is 6.21 Å². The second-order valence-electron chi connectivity index (χ2n) is 1.63. The molecule has 0 aromatic rings. The number of hydrogen-bond acceptors (Lipinski definition) is 2. The van der Waals surface area contributed by atoms with Gasteiger partial charge in [-0.1, -0.05) is 6.08 Å². The third-order valence-corrected chi connectivity index (χ3v) is 0.775. The highest BCUT2D eigenvalue weighted by Gasteiger charge is 1.87. The van der Waals surface area contributed by atoms with Gasteiger partial charge in [-0.25, -0.2) is 0 Å². The first kappa shape index (κ1) is 7.90. The molecule has 0 amide bonds. The first-order valence-electron chi connectivity index (χ1n) is 2.85. The van der Waals surface area contributed by atoms with E-state index in [0.717, 1.165) is 0 Å². The first-order valence-corrected chi connectivity index (χ1v) is 2.85. The van der Waals surface area contributed by atoms with Gasteiger partial charge in [0.15, 0.2) is 0 Å². The molecule has 0 aromatic carbocycles. The van der Waals surface area contributed by atoms with E-state index in [1.165, 1.54) is 0 Å². The Kier molecular flexibility index (Phi) is 4.43. The minimum Gasteiger partial charge on any atom is -0.275 e. The summed E-state index contributed by atoms with van der Waals surface area (Å²) in [5.74, 6) is 0. The van der Waals surface area contributed by atoms with E-state index in [-0.39, 0.29) is 6.04 Å². The average Bonchev–Trinajstić information content (AvgIpc) is 1.89. The fourth-order valence-corrected chi connectivity index (χ4v) is 0.298. The molecule has 0 spiro atoms. The van der Waals surface area contributed by atoms with E-state index in [4.69, 9.17) is 5.26 Å². The van der Waals surface area contributed by atoms with Crippen molar-refractivity contribution in [2.45, 2.75) is 19.9 Å². The standard InChI is InChI=1S/C7H10N2/c1-3-4-5-9-7(2)6-8/h3-5,7H,1-2H3/b4-3-,9-5?. The lowest BCUT2D eigenvalue weighted by atomic mass is 10.4. The molecule has 2 heteroatoms. The Labute approximate surface area is 55.5 Å². The summed E-state index contributed by atoms with van der Waals surface area (Å²) >= 11 is 0. The molecule has 0 saturated carbocycles. The summed E-state index contributed by atoms with van der Waals surface area (Å²) in [7, 11) is 0. The molecule has 9 heavy (non-hydrogen) atoms. The number of hydrogen-bond donors (Lipinski definition) is 0. The summed E-state index contributed by atoms with van der Waals surface area (Å²) in [5.41, 5.74) is 0. The summed E-state index contributed by atoms with van der Waals surface area (Å²) in [6.45, 7) is 3.66. The molecule has 1 unspecified atom stereocenters. The van der Waals surface area contributed by atoms with Crippen molar-refractivity contribution in [1.29, 1.82) is 5.26 Å². The van der Waals surface area contributed by atoms with Gasteiger partial charge in [0.25, 0.3) is 0 Å². The van der Waals surface area contributed by atoms with E-state index in [1.54, 1.807) is 19.2 Å². The number of nitrogens with zero attached hydrogens (tertiary/aromatic N) is 2. The zero-order chi connectivity index (χ0) is 7.11. The number of aliphatic imine (C=N–C) groups is 1. The van der Waals surface area contributed by atoms with E-state index in [1.807, 2.05) is 19.1 Å². The molecule has 0 aliphatic heterocycles. The normalized spacial score (nSPS) is 14.3. The lowest BCUT2D eigenvalue weighted by molar-refractivity contribution is 0.947. The monoisotopic (exact) mass is 122 g/mol. The Morgan fingerprint density at radius 3 is 2.78 bits per heavy atom. The fraction of sp³-hybridized carbons (Fsp3) is 0.429. The van der Waals surface area contributed by atoms with Crippen molar-refractivity contribution in [3.63, 3.8) is 0 Å². The van der Waals surface area contributed by atoms with E-state index < -0.39 is 0 Å². The van der Waals surface area contributed by atoms with Crippen molar-refractivity contribution in [1.82, 2.24) is 0 Å². The van der Waals surface area contributed by atoms with Gasteiger partial charge in [0.05, 0.1) is 6.07 Å². The molecule has 0 rings (SSSR count). The summed E-state index contributed by atoms with van der Waals surface area (Å²) < 4.78 is 0. The number of rotatable bonds is 2. The molecule has 0 heterocycles. The van der Waals surface area contributed by atoms with Gasteiger partial charge in [-0.05, 0) is 19.9 Å². The van der Waals surface area contributed by atoms with Crippen LogP contribution in [0.5, 0.6) is 0 Å². The van der Waals surface area contributed by atoms with E-state index in [9.17, 15) is 0 Å². The largest absolute Gasteiger partial charge is 0.275 e. The maximum absolute atomic E-state index is 8.25. The lowest BCUT2D eigenvalue weighted by Gasteiger charge is -1.86. The third-order valence-electron chi connectivity index (χ3n) is 0.775. The van der Waals surface area contributed by atoms with E-state index >= 15 is 0 Å². The van der Waals surface area contributed by atoms with Gasteiger partial charge in [-0.2, -0.15) is 5.26 Å². The van der Waals surface area contributed by atoms with Crippen molar-refractivity contribution < 1.29 is 0 Å². The summed E-state index contributed by atoms with van der Waals surface area (Å²) in [5, 5.41) is 8.25. The van der Waals surface area contributed by atoms with Gasteiger partial charge >= 0.3 is 0 Å². The Morgan fingerprint density at radius 2 is 2.33 bits per heavy atom. The summed E-state index contributed by atoms with van der Waals surface area (Å²) in [6, 6.07) is 1.77. The van der Waals surface area contributed by atoms with Gasteiger partial charge in [-0.15, -0.1) is 0 Å². The van der Waals surface area contributed by atoms with Gasteiger partial charge in [-0.3, -0.25) is 4.99 Å². The second-order valence-corrected chi connectivity index (χ2v) is 1.63. The smallest absolute Gasteiger partial charge is 0.133 e. The third kappa shape index (κ3) is 4.76. The molecule has 0 aliphatic rings. The van der Waals surface area contributed by atoms with Gasteiger partial charge < -0.3 is 0 Å². The topological polar surface area (TPSA) is 36.1 Å². The molecule has 0 saturated heterocycles. The highest BCUT2D eigenvalue weighted by Crippen LogP contribution is 1.82. The number of allylic oxidation sites excluding steroid dienone is 2. The minimum atomic E-state index is -0.221. The van der Waals surface area contributed by atoms with Gasteiger partial charge in [0.1, 0.15) is 6.04 Å². The molecule has 48 valence electrons. The van der Waals surface area contributed by atoms with Crippen molar-refractivity contribution in [2.24, 2.45) is 4.99 Å². The Balaban J connectivity index is 3.60. The van der Waals surface area contributed by atoms with Crippen LogP contribution in [0.1, 0.15) is 13.8 Å². The quantitative estimate of drug-likeness (QED) is 0.512. The Bertz CT molecular complexity index is 151. The molecule has 0 aromatic heterocycles. The second kappa shape index (κ2) is 5.04. The summed E-state index contributed by atoms with van der Waals surface area (Å²) in [4.78, 5) is 3.86. The SMILES string of the molecule is C/C=C\C=NC(C)C#N. The zero-order valence-corrected chi connectivity index (χ0v) is 5.70. The highest BCUT2D eigenvalue weighted by molar-refractivity contribution is 5.71. The average molecular weight is 122 g/mol. The van der Waals surface area contributed by atoms with Crippen LogP contribution in [0.25, 0.3) is 0 Å². The van der Waals surface area contributed by atoms with E-state index in [2.05, 4.69) is 4.99 Å². The van der Waals surface area contributed by atoms with Crippen LogP contribution in [0.4, 0.5) is 0 Å². The van der Waals surface area contributed by atoms with Gasteiger partial charge in [0.2, 0.25) is 0 Å². The molecular formula is C7H10N2. The Hall–Kier alpha value is -1.10. The molecule has 0 N–H and O–H groups in total. The van der Waals surface area contributed by atoms with Crippen LogP contribution >= 0.6 is 0 Å². The molecule has 1 atom stereocenters. The molecule has 0 bridgehead atoms. The van der Waals surface area contributed by atoms with Crippen LogP contribution < -0.4 is 0 Å². The predicted molar refractivity (Wildman–Crippen MR) is 38.4 cm³/mol. The molecule has 2 nitrogen and oxygen atoms in total. The Morgan fingerprint density at radius 1 is 1.67 bits per heavy atom. The summed E-state index contributed by atoms with van der Waals surface area (Å²) in [6.07, 6.45) is 5.30. The van der Waals surface area contributed by atoms with Crippen LogP contribution in [-0.2, 0) is 0 Å². The van der Waals surface area contributed by atoms with Crippen LogP contribution in [-0.4, -0.2) is 12.3 Å². The number of nitriles is 1. The van der Waals surface area contributed by atoms with Crippen molar-refractivity contribution in [3.05, 3.63) is 12.2 Å². The molecule has 0 fully saturated rings. The maximum atomic E-state index is 8.25.